The summed E-state index contributed by atoms with van der Waals surface area (Å²) < 4.78 is 6.04. The Balaban J connectivity index is 1.48. The molecule has 0 aromatic carbocycles. The van der Waals surface area contributed by atoms with E-state index in [1.165, 1.54) is 29.1 Å². The first-order valence-corrected chi connectivity index (χ1v) is 9.90. The maximum absolute atomic E-state index is 6.04. The van der Waals surface area contributed by atoms with Gasteiger partial charge in [-0.3, -0.25) is 4.90 Å². The van der Waals surface area contributed by atoms with Crippen LogP contribution in [0.4, 0.5) is 5.69 Å². The Morgan fingerprint density at radius 2 is 2.08 bits per heavy atom. The molecular formula is C19H26N4OS. The fourth-order valence-electron chi connectivity index (χ4n) is 4.15. The van der Waals surface area contributed by atoms with E-state index in [0.29, 0.717) is 0 Å². The van der Waals surface area contributed by atoms with Crippen molar-refractivity contribution in [2.45, 2.75) is 26.3 Å². The van der Waals surface area contributed by atoms with Crippen LogP contribution in [0.1, 0.15) is 22.6 Å². The Hall–Kier alpha value is -1.50. The smallest absolute Gasteiger partial charge is 0.115 e. The topological polar surface area (TPSA) is 41.5 Å². The second-order valence-corrected chi connectivity index (χ2v) is 8.77. The molecule has 1 atom stereocenters. The molecule has 2 aromatic rings. The molecule has 0 aliphatic carbocycles. The molecule has 0 radical (unpaired) electrons. The summed E-state index contributed by atoms with van der Waals surface area (Å²) in [6.07, 6.45) is 7.91. The number of aryl methyl sites for hydroxylation is 1. The van der Waals surface area contributed by atoms with Crippen molar-refractivity contribution in [1.29, 1.82) is 0 Å². The van der Waals surface area contributed by atoms with Gasteiger partial charge >= 0.3 is 0 Å². The molecule has 6 heteroatoms. The number of likely N-dealkylation sites (tertiary alicyclic amines) is 1. The molecule has 0 amide bonds. The van der Waals surface area contributed by atoms with Gasteiger partial charge in [-0.05, 0) is 38.4 Å². The monoisotopic (exact) mass is 358 g/mol. The van der Waals surface area contributed by atoms with Crippen molar-refractivity contribution < 1.29 is 4.74 Å². The minimum absolute atomic E-state index is 0.205. The zero-order valence-electron chi connectivity index (χ0n) is 14.9. The molecule has 4 rings (SSSR count). The lowest BCUT2D eigenvalue weighted by atomic mass is 9.80. The van der Waals surface area contributed by atoms with Crippen molar-refractivity contribution in [1.82, 2.24) is 14.9 Å². The highest BCUT2D eigenvalue weighted by molar-refractivity contribution is 7.11. The maximum atomic E-state index is 6.04. The second kappa shape index (κ2) is 7.40. The number of nitrogens with zero attached hydrogens (tertiary/aromatic N) is 4. The molecule has 25 heavy (non-hydrogen) atoms. The number of anilines is 1. The molecule has 2 aliphatic rings. The van der Waals surface area contributed by atoms with E-state index in [1.807, 2.05) is 23.7 Å². The lowest BCUT2D eigenvalue weighted by Gasteiger charge is -2.43. The van der Waals surface area contributed by atoms with Gasteiger partial charge in [-0.2, -0.15) is 0 Å². The van der Waals surface area contributed by atoms with E-state index < -0.39 is 0 Å². The van der Waals surface area contributed by atoms with Gasteiger partial charge < -0.3 is 9.64 Å². The Labute approximate surface area is 153 Å². The number of hydrogen-bond acceptors (Lipinski definition) is 6. The summed E-state index contributed by atoms with van der Waals surface area (Å²) in [5, 5.41) is 0. The molecule has 2 saturated heterocycles. The number of thiophene rings is 1. The van der Waals surface area contributed by atoms with Gasteiger partial charge in [0.15, 0.2) is 0 Å². The molecule has 2 aliphatic heterocycles. The summed E-state index contributed by atoms with van der Waals surface area (Å²) in [4.78, 5) is 16.3. The Morgan fingerprint density at radius 3 is 2.88 bits per heavy atom. The third-order valence-corrected chi connectivity index (χ3v) is 6.25. The molecule has 0 bridgehead atoms. The number of aromatic nitrogens is 2. The molecule has 4 heterocycles. The summed E-state index contributed by atoms with van der Waals surface area (Å²) >= 11 is 1.92. The molecule has 2 fully saturated rings. The van der Waals surface area contributed by atoms with Crippen LogP contribution in [0.15, 0.2) is 30.9 Å². The summed E-state index contributed by atoms with van der Waals surface area (Å²) in [5.41, 5.74) is 1.31. The van der Waals surface area contributed by atoms with Gasteiger partial charge in [0.1, 0.15) is 6.33 Å². The van der Waals surface area contributed by atoms with Crippen LogP contribution in [0, 0.1) is 12.3 Å². The van der Waals surface area contributed by atoms with Crippen LogP contribution in [-0.2, 0) is 11.3 Å². The van der Waals surface area contributed by atoms with E-state index in [1.54, 1.807) is 6.33 Å². The molecule has 0 unspecified atom stereocenters. The van der Waals surface area contributed by atoms with Crippen molar-refractivity contribution in [3.05, 3.63) is 40.6 Å². The van der Waals surface area contributed by atoms with E-state index in [2.05, 4.69) is 38.8 Å². The lowest BCUT2D eigenvalue weighted by molar-refractivity contribution is 0.0110. The fourth-order valence-corrected chi connectivity index (χ4v) is 5.08. The van der Waals surface area contributed by atoms with Gasteiger partial charge in [0.25, 0.3) is 0 Å². The highest BCUT2D eigenvalue weighted by Crippen LogP contribution is 2.35. The van der Waals surface area contributed by atoms with Gasteiger partial charge in [-0.1, -0.05) is 0 Å². The SMILES string of the molecule is Cc1ccc(CN2CCC[C@]3(COCCN(c4cncnc4)C3)C2)s1. The minimum atomic E-state index is 0.205. The normalized spacial score (nSPS) is 25.2. The van der Waals surface area contributed by atoms with Crippen molar-refractivity contribution in [2.24, 2.45) is 5.41 Å². The highest BCUT2D eigenvalue weighted by Gasteiger charge is 2.39. The molecular weight excluding hydrogens is 332 g/mol. The van der Waals surface area contributed by atoms with Gasteiger partial charge in [0.2, 0.25) is 0 Å². The van der Waals surface area contributed by atoms with Crippen molar-refractivity contribution >= 4 is 17.0 Å². The van der Waals surface area contributed by atoms with Crippen molar-refractivity contribution in [3.63, 3.8) is 0 Å². The van der Waals surface area contributed by atoms with Crippen LogP contribution in [0.25, 0.3) is 0 Å². The van der Waals surface area contributed by atoms with Crippen molar-refractivity contribution in [2.75, 3.05) is 44.3 Å². The summed E-state index contributed by atoms with van der Waals surface area (Å²) in [6, 6.07) is 4.50. The summed E-state index contributed by atoms with van der Waals surface area (Å²) in [7, 11) is 0. The number of ether oxygens (including phenoxy) is 1. The van der Waals surface area contributed by atoms with Gasteiger partial charge in [-0.25, -0.2) is 9.97 Å². The van der Waals surface area contributed by atoms with E-state index in [-0.39, 0.29) is 5.41 Å². The largest absolute Gasteiger partial charge is 0.379 e. The number of hydrogen-bond donors (Lipinski definition) is 0. The Kier molecular flexibility index (Phi) is 5.01. The van der Waals surface area contributed by atoms with Crippen LogP contribution in [0.3, 0.4) is 0 Å². The lowest BCUT2D eigenvalue weighted by Crippen LogP contribution is -2.50. The molecule has 0 N–H and O–H groups in total. The van der Waals surface area contributed by atoms with Crippen LogP contribution in [0.2, 0.25) is 0 Å². The zero-order chi connectivity index (χ0) is 17.1. The molecule has 1 spiro atoms. The molecule has 2 aromatic heterocycles. The van der Waals surface area contributed by atoms with E-state index in [9.17, 15) is 0 Å². The van der Waals surface area contributed by atoms with Crippen molar-refractivity contribution in [3.8, 4) is 0 Å². The van der Waals surface area contributed by atoms with E-state index in [0.717, 1.165) is 45.1 Å². The Morgan fingerprint density at radius 1 is 1.20 bits per heavy atom. The van der Waals surface area contributed by atoms with E-state index >= 15 is 0 Å². The first kappa shape index (κ1) is 16.9. The molecule has 5 nitrogen and oxygen atoms in total. The van der Waals surface area contributed by atoms with Crippen LogP contribution < -0.4 is 4.90 Å². The van der Waals surface area contributed by atoms with E-state index in [4.69, 9.17) is 4.74 Å². The third-order valence-electron chi connectivity index (χ3n) is 5.27. The standard InChI is InChI=1S/C19H26N4OS/c1-16-3-4-18(25-16)11-22-6-2-5-19(12-22)13-23(7-8-24-14-19)17-9-20-15-21-10-17/h3-4,9-10,15H,2,5-8,11-14H2,1H3/t19-/m0/s1. The van der Waals surface area contributed by atoms with Gasteiger partial charge in [-0.15, -0.1) is 11.3 Å². The van der Waals surface area contributed by atoms with Gasteiger partial charge in [0.05, 0.1) is 31.3 Å². The molecule has 134 valence electrons. The minimum Gasteiger partial charge on any atom is -0.379 e. The summed E-state index contributed by atoms with van der Waals surface area (Å²) in [6.45, 7) is 9.12. The maximum Gasteiger partial charge on any atom is 0.115 e. The number of rotatable bonds is 3. The molecule has 0 saturated carbocycles. The van der Waals surface area contributed by atoms with Crippen LogP contribution >= 0.6 is 11.3 Å². The van der Waals surface area contributed by atoms with Crippen LogP contribution in [-0.4, -0.2) is 54.3 Å². The Bertz CT molecular complexity index is 692. The first-order chi connectivity index (χ1) is 12.2. The number of piperidine rings is 1. The fraction of sp³-hybridized carbons (Fsp3) is 0.579. The first-order valence-electron chi connectivity index (χ1n) is 9.08. The predicted molar refractivity (Wildman–Crippen MR) is 101 cm³/mol. The zero-order valence-corrected chi connectivity index (χ0v) is 15.7. The van der Waals surface area contributed by atoms with Gasteiger partial charge in [0, 0.05) is 41.3 Å². The average Bonchev–Trinajstić information content (AvgIpc) is 2.92. The third kappa shape index (κ3) is 4.02. The predicted octanol–water partition coefficient (Wildman–Crippen LogP) is 2.97. The second-order valence-electron chi connectivity index (χ2n) is 7.40. The highest BCUT2D eigenvalue weighted by atomic mass is 32.1. The average molecular weight is 359 g/mol. The quantitative estimate of drug-likeness (QED) is 0.844. The van der Waals surface area contributed by atoms with Crippen LogP contribution in [0.5, 0.6) is 0 Å². The summed E-state index contributed by atoms with van der Waals surface area (Å²) in [5.74, 6) is 0.